The summed E-state index contributed by atoms with van der Waals surface area (Å²) in [5.41, 5.74) is 7.09. The number of nitrogens with zero attached hydrogens (tertiary/aromatic N) is 1. The molecule has 1 saturated heterocycles. The van der Waals surface area contributed by atoms with Crippen molar-refractivity contribution in [1.82, 2.24) is 4.90 Å². The zero-order valence-electron chi connectivity index (χ0n) is 12.1. The molecule has 2 nitrogen and oxygen atoms in total. The molecule has 1 unspecified atom stereocenters. The van der Waals surface area contributed by atoms with E-state index in [1.54, 1.807) is 12.1 Å². The van der Waals surface area contributed by atoms with Crippen molar-refractivity contribution in [1.29, 1.82) is 0 Å². The Balaban J connectivity index is 2.18. The van der Waals surface area contributed by atoms with Crippen molar-refractivity contribution >= 4 is 17.2 Å². The Labute approximate surface area is 126 Å². The van der Waals surface area contributed by atoms with Crippen LogP contribution in [-0.2, 0) is 6.54 Å². The van der Waals surface area contributed by atoms with Gasteiger partial charge in [-0.05, 0) is 44.0 Å². The van der Waals surface area contributed by atoms with E-state index in [-0.39, 0.29) is 5.82 Å². The topological polar surface area (TPSA) is 29.3 Å². The molecule has 0 spiro atoms. The van der Waals surface area contributed by atoms with E-state index in [1.807, 2.05) is 0 Å². The molecule has 1 atom stereocenters. The minimum Gasteiger partial charge on any atom is -0.389 e. The van der Waals surface area contributed by atoms with Gasteiger partial charge in [-0.1, -0.05) is 32.0 Å². The van der Waals surface area contributed by atoms with Crippen molar-refractivity contribution < 1.29 is 4.39 Å². The third-order valence-electron chi connectivity index (χ3n) is 4.17. The van der Waals surface area contributed by atoms with Gasteiger partial charge in [0.05, 0.1) is 0 Å². The fourth-order valence-corrected chi connectivity index (χ4v) is 3.10. The highest BCUT2D eigenvalue weighted by molar-refractivity contribution is 7.80. The molecule has 1 fully saturated rings. The first-order valence-corrected chi connectivity index (χ1v) is 7.85. The number of thiocarbonyl (C=S) groups is 1. The van der Waals surface area contributed by atoms with Crippen molar-refractivity contribution in [3.8, 4) is 0 Å². The Kier molecular flexibility index (Phi) is 5.49. The highest BCUT2D eigenvalue weighted by atomic mass is 32.1. The van der Waals surface area contributed by atoms with Crippen molar-refractivity contribution in [3.05, 3.63) is 35.1 Å². The monoisotopic (exact) mass is 294 g/mol. The molecule has 1 aromatic rings. The molecule has 0 saturated carbocycles. The van der Waals surface area contributed by atoms with Gasteiger partial charge in [-0.15, -0.1) is 0 Å². The summed E-state index contributed by atoms with van der Waals surface area (Å²) in [5, 5.41) is 0. The van der Waals surface area contributed by atoms with E-state index >= 15 is 0 Å². The number of rotatable bonds is 4. The van der Waals surface area contributed by atoms with Gasteiger partial charge in [0.1, 0.15) is 10.8 Å². The third kappa shape index (κ3) is 3.76. The van der Waals surface area contributed by atoms with E-state index in [1.165, 1.54) is 31.7 Å². The first kappa shape index (κ1) is 15.4. The smallest absolute Gasteiger partial charge is 0.127 e. The molecule has 2 N–H and O–H groups in total. The van der Waals surface area contributed by atoms with Gasteiger partial charge in [0, 0.05) is 23.7 Å². The summed E-state index contributed by atoms with van der Waals surface area (Å²) in [6, 6.07) is 5.49. The second-order valence-corrected chi connectivity index (χ2v) is 5.99. The van der Waals surface area contributed by atoms with E-state index in [4.69, 9.17) is 18.0 Å². The lowest BCUT2D eigenvalue weighted by atomic mass is 10.1. The minimum atomic E-state index is -0.163. The number of hydrogen-bond acceptors (Lipinski definition) is 2. The van der Waals surface area contributed by atoms with E-state index < -0.39 is 0 Å². The summed E-state index contributed by atoms with van der Waals surface area (Å²) < 4.78 is 14.0. The van der Waals surface area contributed by atoms with E-state index in [0.717, 1.165) is 18.5 Å². The van der Waals surface area contributed by atoms with Crippen LogP contribution in [0.15, 0.2) is 18.2 Å². The van der Waals surface area contributed by atoms with Crippen LogP contribution in [0.4, 0.5) is 4.39 Å². The largest absolute Gasteiger partial charge is 0.389 e. The van der Waals surface area contributed by atoms with Crippen LogP contribution in [0.25, 0.3) is 0 Å². The highest BCUT2D eigenvalue weighted by Gasteiger charge is 2.20. The van der Waals surface area contributed by atoms with Crippen molar-refractivity contribution in [2.24, 2.45) is 5.73 Å². The molecule has 1 heterocycles. The summed E-state index contributed by atoms with van der Waals surface area (Å²) in [7, 11) is 0. The highest BCUT2D eigenvalue weighted by Crippen LogP contribution is 2.22. The normalized spacial score (nSPS) is 20.6. The molecule has 1 aliphatic heterocycles. The summed E-state index contributed by atoms with van der Waals surface area (Å²) in [6.45, 7) is 3.92. The van der Waals surface area contributed by atoms with Gasteiger partial charge in [-0.2, -0.15) is 0 Å². The number of hydrogen-bond donors (Lipinski definition) is 1. The van der Waals surface area contributed by atoms with Gasteiger partial charge in [-0.25, -0.2) is 4.39 Å². The average Bonchev–Trinajstić information content (AvgIpc) is 2.66. The molecule has 4 heteroatoms. The Morgan fingerprint density at radius 1 is 1.40 bits per heavy atom. The number of likely N-dealkylation sites (tertiary alicyclic amines) is 1. The summed E-state index contributed by atoms with van der Waals surface area (Å²) in [4.78, 5) is 2.74. The lowest BCUT2D eigenvalue weighted by molar-refractivity contribution is 0.184. The fourth-order valence-electron chi connectivity index (χ4n) is 2.98. The molecule has 0 radical (unpaired) electrons. The second kappa shape index (κ2) is 7.14. The lowest BCUT2D eigenvalue weighted by Crippen LogP contribution is -2.34. The molecule has 2 rings (SSSR count). The first-order chi connectivity index (χ1) is 9.61. The summed E-state index contributed by atoms with van der Waals surface area (Å²) >= 11 is 4.98. The molecule has 1 aromatic carbocycles. The number of benzene rings is 1. The maximum atomic E-state index is 14.0. The van der Waals surface area contributed by atoms with Gasteiger partial charge in [0.2, 0.25) is 0 Å². The Hall–Kier alpha value is -1.00. The predicted octanol–water partition coefficient (Wildman–Crippen LogP) is 3.61. The second-order valence-electron chi connectivity index (χ2n) is 5.55. The van der Waals surface area contributed by atoms with Crippen LogP contribution in [0.5, 0.6) is 0 Å². The average molecular weight is 294 g/mol. The van der Waals surface area contributed by atoms with Crippen LogP contribution in [0, 0.1) is 5.82 Å². The van der Waals surface area contributed by atoms with Crippen molar-refractivity contribution in [2.45, 2.75) is 51.6 Å². The Bertz CT molecular complexity index is 476. The Morgan fingerprint density at radius 3 is 2.90 bits per heavy atom. The standard InChI is InChI=1S/C16H23FN2S/c1-2-14-6-4-3-5-9-19(14)11-13-10-12(16(18)20)7-8-15(13)17/h7-8,10,14H,2-6,9,11H2,1H3,(H2,18,20). The van der Waals surface area contributed by atoms with Gasteiger partial charge in [0.15, 0.2) is 0 Å². The fraction of sp³-hybridized carbons (Fsp3) is 0.562. The third-order valence-corrected chi connectivity index (χ3v) is 4.41. The van der Waals surface area contributed by atoms with Crippen LogP contribution < -0.4 is 5.73 Å². The molecule has 0 aromatic heterocycles. The van der Waals surface area contributed by atoms with Crippen molar-refractivity contribution in [3.63, 3.8) is 0 Å². The maximum absolute atomic E-state index is 14.0. The lowest BCUT2D eigenvalue weighted by Gasteiger charge is -2.29. The van der Waals surface area contributed by atoms with E-state index in [2.05, 4.69) is 11.8 Å². The molecule has 1 aliphatic rings. The van der Waals surface area contributed by atoms with Crippen molar-refractivity contribution in [2.75, 3.05) is 6.54 Å². The summed E-state index contributed by atoms with van der Waals surface area (Å²) in [6.07, 6.45) is 6.10. The quantitative estimate of drug-likeness (QED) is 0.860. The molecular formula is C16H23FN2S. The van der Waals surface area contributed by atoms with Gasteiger partial charge >= 0.3 is 0 Å². The number of halogens is 1. The van der Waals surface area contributed by atoms with E-state index in [0.29, 0.717) is 23.1 Å². The molecule has 0 aliphatic carbocycles. The van der Waals surface area contributed by atoms with Crippen LogP contribution >= 0.6 is 12.2 Å². The minimum absolute atomic E-state index is 0.163. The summed E-state index contributed by atoms with van der Waals surface area (Å²) in [5.74, 6) is -0.163. The molecule has 110 valence electrons. The van der Waals surface area contributed by atoms with Crippen LogP contribution in [0.1, 0.15) is 50.2 Å². The molecule has 0 bridgehead atoms. The van der Waals surface area contributed by atoms with E-state index in [9.17, 15) is 4.39 Å². The number of nitrogens with two attached hydrogens (primary N) is 1. The Morgan fingerprint density at radius 2 is 2.20 bits per heavy atom. The predicted molar refractivity (Wildman–Crippen MR) is 85.2 cm³/mol. The van der Waals surface area contributed by atoms with Gasteiger partial charge in [-0.3, -0.25) is 4.90 Å². The SMILES string of the molecule is CCC1CCCCCN1Cc1cc(C(N)=S)ccc1F. The first-order valence-electron chi connectivity index (χ1n) is 7.44. The van der Waals surface area contributed by atoms with Gasteiger partial charge in [0.25, 0.3) is 0 Å². The van der Waals surface area contributed by atoms with Gasteiger partial charge < -0.3 is 5.73 Å². The maximum Gasteiger partial charge on any atom is 0.127 e. The van der Waals surface area contributed by atoms with Crippen LogP contribution in [0.2, 0.25) is 0 Å². The molecule has 20 heavy (non-hydrogen) atoms. The zero-order valence-corrected chi connectivity index (χ0v) is 12.9. The van der Waals surface area contributed by atoms with Crippen LogP contribution in [0.3, 0.4) is 0 Å². The molecule has 0 amide bonds. The zero-order chi connectivity index (χ0) is 14.5. The van der Waals surface area contributed by atoms with Crippen LogP contribution in [-0.4, -0.2) is 22.5 Å². The molecular weight excluding hydrogens is 271 g/mol.